The maximum atomic E-state index is 12.5. The van der Waals surface area contributed by atoms with E-state index in [4.69, 9.17) is 27.9 Å². The number of rotatable bonds is 5. The number of nitrogens with zero attached hydrogens (tertiary/aromatic N) is 1. The largest absolute Gasteiger partial charge is 0.488 e. The molecule has 1 aliphatic heterocycles. The second-order valence-electron chi connectivity index (χ2n) is 6.53. The second kappa shape index (κ2) is 9.92. The molecule has 1 amide bonds. The van der Waals surface area contributed by atoms with Gasteiger partial charge < -0.3 is 10.1 Å². The Morgan fingerprint density at radius 2 is 1.87 bits per heavy atom. The number of ether oxygens (including phenoxy) is 1. The van der Waals surface area contributed by atoms with Crippen molar-refractivity contribution in [2.45, 2.75) is 6.61 Å². The lowest BCUT2D eigenvalue weighted by molar-refractivity contribution is -0.115. The Kier molecular flexibility index (Phi) is 7.02. The van der Waals surface area contributed by atoms with E-state index < -0.39 is 0 Å². The number of carbonyl (C=O) groups is 1. The Morgan fingerprint density at radius 1 is 1.06 bits per heavy atom. The van der Waals surface area contributed by atoms with E-state index in [1.54, 1.807) is 24.3 Å². The number of hydrogen-bond donors (Lipinski definition) is 1. The third-order valence-electron chi connectivity index (χ3n) is 4.28. The first-order valence-corrected chi connectivity index (χ1v) is 11.6. The van der Waals surface area contributed by atoms with Gasteiger partial charge in [0.1, 0.15) is 12.4 Å². The highest BCUT2D eigenvalue weighted by Gasteiger charge is 2.24. The van der Waals surface area contributed by atoms with Crippen LogP contribution in [0, 0.1) is 0 Å². The lowest BCUT2D eigenvalue weighted by Crippen LogP contribution is -2.19. The van der Waals surface area contributed by atoms with Gasteiger partial charge in [-0.05, 0) is 59.8 Å². The van der Waals surface area contributed by atoms with E-state index in [1.165, 1.54) is 11.8 Å². The summed E-state index contributed by atoms with van der Waals surface area (Å²) in [6, 6.07) is 20.6. The van der Waals surface area contributed by atoms with E-state index in [0.717, 1.165) is 15.6 Å². The number of amides is 1. The molecule has 0 unspecified atom stereocenters. The van der Waals surface area contributed by atoms with Gasteiger partial charge in [-0.2, -0.15) is 0 Å². The van der Waals surface area contributed by atoms with E-state index in [-0.39, 0.29) is 5.91 Å². The smallest absolute Gasteiger partial charge is 0.264 e. The monoisotopic (exact) mass is 532 g/mol. The molecule has 0 spiro atoms. The predicted molar refractivity (Wildman–Crippen MR) is 132 cm³/mol. The van der Waals surface area contributed by atoms with Gasteiger partial charge in [-0.15, -0.1) is 0 Å². The van der Waals surface area contributed by atoms with Crippen molar-refractivity contribution in [3.8, 4) is 5.75 Å². The first kappa shape index (κ1) is 22.0. The first-order valence-electron chi connectivity index (χ1n) is 9.19. The van der Waals surface area contributed by atoms with Gasteiger partial charge in [-0.25, -0.2) is 4.99 Å². The summed E-state index contributed by atoms with van der Waals surface area (Å²) in [7, 11) is 0. The Hall–Kier alpha value is -2.25. The summed E-state index contributed by atoms with van der Waals surface area (Å²) in [5.41, 5.74) is 2.34. The van der Waals surface area contributed by atoms with Crippen molar-refractivity contribution in [3.63, 3.8) is 0 Å². The maximum absolute atomic E-state index is 12.5. The quantitative estimate of drug-likeness (QED) is 0.352. The van der Waals surface area contributed by atoms with Gasteiger partial charge in [0, 0.05) is 15.1 Å². The van der Waals surface area contributed by atoms with Crippen molar-refractivity contribution < 1.29 is 9.53 Å². The number of amidine groups is 1. The Balaban J connectivity index is 1.58. The van der Waals surface area contributed by atoms with Crippen LogP contribution in [0.2, 0.25) is 10.0 Å². The zero-order valence-corrected chi connectivity index (χ0v) is 19.9. The molecule has 8 heteroatoms. The van der Waals surface area contributed by atoms with Crippen molar-refractivity contribution in [2.75, 3.05) is 0 Å². The molecule has 4 nitrogen and oxygen atoms in total. The van der Waals surface area contributed by atoms with E-state index in [2.05, 4.69) is 26.2 Å². The minimum absolute atomic E-state index is 0.240. The van der Waals surface area contributed by atoms with Gasteiger partial charge in [-0.3, -0.25) is 4.79 Å². The summed E-state index contributed by atoms with van der Waals surface area (Å²) in [6.07, 6.45) is 1.78. The van der Waals surface area contributed by atoms with Crippen LogP contribution in [-0.2, 0) is 11.4 Å². The van der Waals surface area contributed by atoms with E-state index in [0.29, 0.717) is 38.2 Å². The van der Waals surface area contributed by atoms with Gasteiger partial charge in [0.25, 0.3) is 5.91 Å². The van der Waals surface area contributed by atoms with Crippen LogP contribution in [0.4, 0.5) is 5.69 Å². The van der Waals surface area contributed by atoms with Crippen LogP contribution in [0.3, 0.4) is 0 Å². The molecule has 0 saturated carbocycles. The molecule has 31 heavy (non-hydrogen) atoms. The minimum atomic E-state index is -0.240. The van der Waals surface area contributed by atoms with Crippen molar-refractivity contribution in [1.29, 1.82) is 0 Å². The Bertz CT molecular complexity index is 1200. The number of carbonyl (C=O) groups excluding carboxylic acids is 1. The second-order valence-corrected chi connectivity index (χ2v) is 9.32. The third-order valence-corrected chi connectivity index (χ3v) is 6.23. The number of benzene rings is 3. The molecule has 0 atom stereocenters. The molecule has 1 aliphatic rings. The SMILES string of the molecule is O=C1NC(=Nc2cc(Cl)ccc2Cl)S/C1=C/c1cc(Br)ccc1OCc1ccccc1. The van der Waals surface area contributed by atoms with Gasteiger partial charge in [-0.1, -0.05) is 69.5 Å². The van der Waals surface area contributed by atoms with E-state index >= 15 is 0 Å². The van der Waals surface area contributed by atoms with Crippen LogP contribution in [-0.4, -0.2) is 11.1 Å². The number of nitrogens with one attached hydrogen (secondary N) is 1. The summed E-state index contributed by atoms with van der Waals surface area (Å²) in [5.74, 6) is 0.437. The molecule has 1 heterocycles. The molecule has 0 aliphatic carbocycles. The van der Waals surface area contributed by atoms with Crippen molar-refractivity contribution in [3.05, 3.63) is 97.3 Å². The highest BCUT2D eigenvalue weighted by molar-refractivity contribution is 9.10. The highest BCUT2D eigenvalue weighted by atomic mass is 79.9. The van der Waals surface area contributed by atoms with E-state index in [1.807, 2.05) is 48.5 Å². The van der Waals surface area contributed by atoms with Crippen LogP contribution in [0.15, 0.2) is 81.1 Å². The molecule has 0 bridgehead atoms. The highest BCUT2D eigenvalue weighted by Crippen LogP contribution is 2.34. The van der Waals surface area contributed by atoms with Gasteiger partial charge in [0.05, 0.1) is 15.6 Å². The van der Waals surface area contributed by atoms with Gasteiger partial charge in [0.2, 0.25) is 0 Å². The number of halogens is 3. The fraction of sp³-hybridized carbons (Fsp3) is 0.0435. The third kappa shape index (κ3) is 5.71. The van der Waals surface area contributed by atoms with Crippen LogP contribution < -0.4 is 10.1 Å². The summed E-state index contributed by atoms with van der Waals surface area (Å²) in [5, 5.41) is 4.16. The number of hydrogen-bond acceptors (Lipinski definition) is 4. The molecule has 3 aromatic rings. The fourth-order valence-electron chi connectivity index (χ4n) is 2.80. The molecule has 0 aromatic heterocycles. The van der Waals surface area contributed by atoms with Crippen LogP contribution in [0.5, 0.6) is 5.75 Å². The summed E-state index contributed by atoms with van der Waals surface area (Å²) in [4.78, 5) is 17.4. The summed E-state index contributed by atoms with van der Waals surface area (Å²) >= 11 is 16.9. The van der Waals surface area contributed by atoms with Crippen molar-refractivity contribution >= 4 is 73.7 Å². The molecular formula is C23H15BrCl2N2O2S. The van der Waals surface area contributed by atoms with Crippen LogP contribution >= 0.6 is 50.9 Å². The molecule has 4 rings (SSSR count). The first-order chi connectivity index (χ1) is 15.0. The number of thioether (sulfide) groups is 1. The average molecular weight is 534 g/mol. The summed E-state index contributed by atoms with van der Waals surface area (Å²) in [6.45, 7) is 0.429. The van der Waals surface area contributed by atoms with Crippen LogP contribution in [0.25, 0.3) is 6.08 Å². The normalized spacial score (nSPS) is 16.0. The molecule has 1 saturated heterocycles. The topological polar surface area (TPSA) is 50.7 Å². The van der Waals surface area contributed by atoms with Crippen LogP contribution in [0.1, 0.15) is 11.1 Å². The average Bonchev–Trinajstić information content (AvgIpc) is 3.09. The van der Waals surface area contributed by atoms with E-state index in [9.17, 15) is 4.79 Å². The lowest BCUT2D eigenvalue weighted by atomic mass is 10.2. The zero-order chi connectivity index (χ0) is 21.8. The Morgan fingerprint density at radius 3 is 2.68 bits per heavy atom. The number of aliphatic imine (C=N–C) groups is 1. The Labute approximate surface area is 202 Å². The van der Waals surface area contributed by atoms with Gasteiger partial charge >= 0.3 is 0 Å². The molecular weight excluding hydrogens is 519 g/mol. The molecule has 0 radical (unpaired) electrons. The molecule has 3 aromatic carbocycles. The summed E-state index contributed by atoms with van der Waals surface area (Å²) < 4.78 is 6.89. The van der Waals surface area contributed by atoms with Crippen molar-refractivity contribution in [2.24, 2.45) is 4.99 Å². The lowest BCUT2D eigenvalue weighted by Gasteiger charge is -2.10. The zero-order valence-electron chi connectivity index (χ0n) is 15.9. The molecule has 1 fully saturated rings. The molecule has 1 N–H and O–H groups in total. The molecule has 156 valence electrons. The standard InChI is InChI=1S/C23H15BrCl2N2O2S/c24-16-6-9-20(30-13-14-4-2-1-3-5-14)15(10-16)11-21-22(29)28-23(31-21)27-19-12-17(25)7-8-18(19)26/h1-12H,13H2,(H,27,28,29)/b21-11+. The predicted octanol–water partition coefficient (Wildman–Crippen LogP) is 7.23. The minimum Gasteiger partial charge on any atom is -0.488 e. The van der Waals surface area contributed by atoms with Gasteiger partial charge in [0.15, 0.2) is 5.17 Å². The fourth-order valence-corrected chi connectivity index (χ4v) is 4.33. The maximum Gasteiger partial charge on any atom is 0.264 e. The van der Waals surface area contributed by atoms with Crippen molar-refractivity contribution in [1.82, 2.24) is 5.32 Å².